The SMILES string of the molecule is C=C(OCC)C1=C(C)CC(=C=C2CC(C)=C(C)C2)C1.CC.CC.CC1=C(C)CC(=C=C2CC(C)=C(C(=O)OCc3ccccc3)C2)C1.CC[N+]1=C(CC2=[N+](Cc3ccccc3)c3ccccc3C2)Cc2ccccc21. The second kappa shape index (κ2) is 28.2. The van der Waals surface area contributed by atoms with Gasteiger partial charge in [0.2, 0.25) is 11.4 Å². The van der Waals surface area contributed by atoms with Crippen LogP contribution in [-0.4, -0.2) is 39.7 Å². The van der Waals surface area contributed by atoms with E-state index < -0.39 is 0 Å². The molecule has 0 spiro atoms. The van der Waals surface area contributed by atoms with Crippen molar-refractivity contribution in [1.82, 2.24) is 0 Å². The molecule has 0 atom stereocenters. The molecule has 0 radical (unpaired) electrons. The van der Waals surface area contributed by atoms with E-state index in [-0.39, 0.29) is 5.97 Å². The predicted octanol–water partition coefficient (Wildman–Crippen LogP) is 18.0. The number of rotatable bonds is 11. The number of hydrogen-bond donors (Lipinski definition) is 0. The third-order valence-electron chi connectivity index (χ3n) is 15.0. The average molecular weight is 1000 g/mol. The lowest BCUT2D eigenvalue weighted by molar-refractivity contribution is -0.457. The maximum atomic E-state index is 12.4. The summed E-state index contributed by atoms with van der Waals surface area (Å²) in [5.74, 6) is 0.661. The molecule has 0 bridgehead atoms. The summed E-state index contributed by atoms with van der Waals surface area (Å²) in [6, 6.07) is 38.4. The van der Waals surface area contributed by atoms with Crippen molar-refractivity contribution in [2.24, 2.45) is 0 Å². The van der Waals surface area contributed by atoms with Gasteiger partial charge in [-0.05, 0) is 127 Å². The van der Waals surface area contributed by atoms with Gasteiger partial charge in [-0.15, -0.1) is 11.5 Å². The van der Waals surface area contributed by atoms with Gasteiger partial charge in [-0.1, -0.05) is 165 Å². The first kappa shape index (κ1) is 57.5. The van der Waals surface area contributed by atoms with E-state index in [9.17, 15) is 4.79 Å². The average Bonchev–Trinajstić information content (AvgIpc) is 4.29. The highest BCUT2D eigenvalue weighted by molar-refractivity contribution is 6.05. The molecule has 4 aliphatic carbocycles. The predicted molar refractivity (Wildman–Crippen MR) is 315 cm³/mol. The monoisotopic (exact) mass is 1000 g/mol. The van der Waals surface area contributed by atoms with E-state index in [0.29, 0.717) is 19.6 Å². The van der Waals surface area contributed by atoms with E-state index in [2.05, 4.69) is 148 Å². The third-order valence-corrected chi connectivity index (χ3v) is 15.0. The molecule has 2 aliphatic heterocycles. The minimum atomic E-state index is -0.185. The molecule has 0 saturated heterocycles. The number of nitrogens with zero attached hydrogens (tertiary/aromatic N) is 2. The van der Waals surface area contributed by atoms with E-state index in [1.165, 1.54) is 95.2 Å². The van der Waals surface area contributed by atoms with Crippen molar-refractivity contribution >= 4 is 28.8 Å². The summed E-state index contributed by atoms with van der Waals surface area (Å²) in [5, 5.41) is 0. The Morgan fingerprint density at radius 2 is 0.880 bits per heavy atom. The van der Waals surface area contributed by atoms with Gasteiger partial charge in [0, 0.05) is 47.2 Å². The van der Waals surface area contributed by atoms with Gasteiger partial charge in [-0.3, -0.25) is 0 Å². The molecule has 0 saturated carbocycles. The second-order valence-electron chi connectivity index (χ2n) is 20.4. The number of allylic oxidation sites excluding steroid dienone is 9. The number of esters is 1. The van der Waals surface area contributed by atoms with E-state index in [4.69, 9.17) is 9.47 Å². The summed E-state index contributed by atoms with van der Waals surface area (Å²) in [7, 11) is 0. The molecule has 0 amide bonds. The summed E-state index contributed by atoms with van der Waals surface area (Å²) < 4.78 is 16.1. The molecule has 75 heavy (non-hydrogen) atoms. The lowest BCUT2D eigenvalue weighted by atomic mass is 10.0. The standard InChI is InChI=1S/C26H26N2.C22H24O2.C18H24O.2C2H6/c1-2-27-23(16-21-12-6-8-14-25(21)27)18-24-17-22-13-7-9-15-26(22)28(24)19-20-10-4-3-5-11-20;1-15-9-19(10-16(15)2)12-20-11-17(3)21(13-20)22(23)24-14-18-7-5-4-6-8-18;1-6-19-15(5)18-11-17(9-14(18)4)10-16-7-12(2)13(3)8-16;2*1-2/h3-15H,2,16-19H2,1H3;4-8H,9-11,13-14H2,1-3H3;5-9,11H2,1-4H3;2*1-2H3/q+2;;;;. The van der Waals surface area contributed by atoms with Crippen LogP contribution in [0, 0.1) is 0 Å². The molecule has 4 aromatic carbocycles. The number of fused-ring (bicyclic) bond motifs is 2. The Morgan fingerprint density at radius 1 is 0.480 bits per heavy atom. The van der Waals surface area contributed by atoms with Gasteiger partial charge in [-0.2, -0.15) is 9.15 Å². The van der Waals surface area contributed by atoms with E-state index >= 15 is 0 Å². The number of benzene rings is 4. The van der Waals surface area contributed by atoms with E-state index in [1.807, 2.05) is 71.9 Å². The topological polar surface area (TPSA) is 41.5 Å². The molecule has 0 N–H and O–H groups in total. The minimum Gasteiger partial charge on any atom is -0.494 e. The van der Waals surface area contributed by atoms with Gasteiger partial charge in [0.15, 0.2) is 18.0 Å². The van der Waals surface area contributed by atoms with Crippen LogP contribution in [-0.2, 0) is 40.3 Å². The van der Waals surface area contributed by atoms with Gasteiger partial charge in [0.25, 0.3) is 0 Å². The van der Waals surface area contributed by atoms with Gasteiger partial charge in [-0.25, -0.2) is 4.79 Å². The highest BCUT2D eigenvalue weighted by Gasteiger charge is 2.36. The third kappa shape index (κ3) is 15.2. The lowest BCUT2D eigenvalue weighted by Crippen LogP contribution is -2.22. The van der Waals surface area contributed by atoms with Crippen LogP contribution < -0.4 is 0 Å². The van der Waals surface area contributed by atoms with Crippen molar-refractivity contribution in [3.05, 3.63) is 222 Å². The Kier molecular flexibility index (Phi) is 21.6. The van der Waals surface area contributed by atoms with Crippen molar-refractivity contribution in [2.45, 2.75) is 167 Å². The van der Waals surface area contributed by atoms with Crippen LogP contribution in [0.15, 0.2) is 200 Å². The lowest BCUT2D eigenvalue weighted by Gasteiger charge is -2.08. The maximum Gasteiger partial charge on any atom is 0.334 e. The fraction of sp³-hybridized carbons (Fsp3) is 0.386. The molecule has 4 aromatic rings. The van der Waals surface area contributed by atoms with Crippen LogP contribution in [0.5, 0.6) is 0 Å². The van der Waals surface area contributed by atoms with Crippen molar-refractivity contribution < 1.29 is 23.4 Å². The largest absolute Gasteiger partial charge is 0.494 e. The molecule has 0 unspecified atom stereocenters. The molecule has 10 rings (SSSR count). The van der Waals surface area contributed by atoms with Crippen molar-refractivity contribution in [3.63, 3.8) is 0 Å². The van der Waals surface area contributed by atoms with Crippen LogP contribution in [0.2, 0.25) is 0 Å². The Labute approximate surface area is 452 Å². The number of hydrogen-bond acceptors (Lipinski definition) is 3. The quantitative estimate of drug-likeness (QED) is 0.0494. The van der Waals surface area contributed by atoms with Crippen molar-refractivity contribution in [3.8, 4) is 0 Å². The molecule has 2 heterocycles. The van der Waals surface area contributed by atoms with Crippen LogP contribution >= 0.6 is 0 Å². The fourth-order valence-electron chi connectivity index (χ4n) is 11.0. The first-order valence-corrected chi connectivity index (χ1v) is 27.9. The smallest absolute Gasteiger partial charge is 0.334 e. The second-order valence-corrected chi connectivity index (χ2v) is 20.4. The zero-order valence-corrected chi connectivity index (χ0v) is 47.8. The van der Waals surface area contributed by atoms with E-state index in [0.717, 1.165) is 99.8 Å². The summed E-state index contributed by atoms with van der Waals surface area (Å²) >= 11 is 0. The maximum absolute atomic E-state index is 12.4. The van der Waals surface area contributed by atoms with Gasteiger partial charge in [0.1, 0.15) is 25.3 Å². The summed E-state index contributed by atoms with van der Waals surface area (Å²) in [4.78, 5) is 12.4. The first-order chi connectivity index (χ1) is 36.4. The highest BCUT2D eigenvalue weighted by Crippen LogP contribution is 2.38. The van der Waals surface area contributed by atoms with Gasteiger partial charge >= 0.3 is 5.97 Å². The van der Waals surface area contributed by atoms with Crippen molar-refractivity contribution in [1.29, 1.82) is 0 Å². The van der Waals surface area contributed by atoms with Crippen LogP contribution in [0.1, 0.15) is 163 Å². The number of carbonyl (C=O) groups excluding carboxylic acids is 1. The highest BCUT2D eigenvalue weighted by atomic mass is 16.5. The first-order valence-electron chi connectivity index (χ1n) is 27.9. The molecule has 5 heteroatoms. The van der Waals surface area contributed by atoms with E-state index in [1.54, 1.807) is 0 Å². The van der Waals surface area contributed by atoms with Crippen LogP contribution in [0.4, 0.5) is 11.4 Å². The number of carbonyl (C=O) groups is 1. The summed E-state index contributed by atoms with van der Waals surface area (Å²) in [5.41, 5.74) is 34.3. The number of ether oxygens (including phenoxy) is 2. The van der Waals surface area contributed by atoms with Gasteiger partial charge < -0.3 is 9.47 Å². The molecule has 6 aliphatic rings. The Balaban J connectivity index is 0.000000180. The molecular weight excluding hydrogens is 917 g/mol. The molecule has 0 fully saturated rings. The molecule has 0 aromatic heterocycles. The zero-order chi connectivity index (χ0) is 54.0. The van der Waals surface area contributed by atoms with Crippen LogP contribution in [0.3, 0.4) is 0 Å². The summed E-state index contributed by atoms with van der Waals surface area (Å²) in [6.07, 6.45) is 11.0. The zero-order valence-electron chi connectivity index (χ0n) is 47.8. The Hall–Kier alpha value is -6.77. The summed E-state index contributed by atoms with van der Waals surface area (Å²) in [6.45, 7) is 32.4. The molecule has 5 nitrogen and oxygen atoms in total. The number of para-hydroxylation sites is 2. The molecular formula is C70H86N2O3+2. The van der Waals surface area contributed by atoms with Crippen LogP contribution in [0.25, 0.3) is 0 Å². The Morgan fingerprint density at radius 3 is 1.37 bits per heavy atom. The Bertz CT molecular complexity index is 3030. The van der Waals surface area contributed by atoms with Crippen molar-refractivity contribution in [2.75, 3.05) is 13.2 Å². The normalized spacial score (nSPS) is 16.4. The fourth-order valence-corrected chi connectivity index (χ4v) is 11.0. The minimum absolute atomic E-state index is 0.185. The van der Waals surface area contributed by atoms with Gasteiger partial charge in [0.05, 0.1) is 19.4 Å². The molecule has 392 valence electrons.